The molecule has 1 rings (SSSR count). The molecule has 0 aliphatic carbocycles. The quantitative estimate of drug-likeness (QED) is 0.649. The fraction of sp³-hybridized carbons (Fsp3) is 0.538. The summed E-state index contributed by atoms with van der Waals surface area (Å²) in [4.78, 5) is 0. The molecule has 0 fully saturated rings. The van der Waals surface area contributed by atoms with Crippen LogP contribution in [-0.2, 0) is 6.54 Å². The first-order valence-corrected chi connectivity index (χ1v) is 6.00. The number of hydrogen-bond donors (Lipinski definition) is 3. The van der Waals surface area contributed by atoms with Gasteiger partial charge in [0.15, 0.2) is 0 Å². The second-order valence-electron chi connectivity index (χ2n) is 4.12. The van der Waals surface area contributed by atoms with E-state index in [0.29, 0.717) is 12.6 Å². The Labute approximate surface area is 98.2 Å². The average molecular weight is 221 g/mol. The maximum Gasteiger partial charge on any atom is 0.0220 e. The summed E-state index contributed by atoms with van der Waals surface area (Å²) in [6.07, 6.45) is 1.91. The number of benzene rings is 1. The highest BCUT2D eigenvalue weighted by Crippen LogP contribution is 2.03. The summed E-state index contributed by atoms with van der Waals surface area (Å²) in [5.41, 5.74) is 12.9. The van der Waals surface area contributed by atoms with Crippen LogP contribution in [0.5, 0.6) is 0 Å². The molecule has 1 aromatic carbocycles. The van der Waals surface area contributed by atoms with E-state index in [-0.39, 0.29) is 6.04 Å². The smallest absolute Gasteiger partial charge is 0.0220 e. The summed E-state index contributed by atoms with van der Waals surface area (Å²) in [6.45, 7) is 3.68. The monoisotopic (exact) mass is 221 g/mol. The van der Waals surface area contributed by atoms with Gasteiger partial charge in [-0.05, 0) is 24.9 Å². The third-order valence-electron chi connectivity index (χ3n) is 2.87. The number of nitrogens with one attached hydrogen (secondary N) is 1. The molecule has 2 unspecified atom stereocenters. The summed E-state index contributed by atoms with van der Waals surface area (Å²) in [5, 5.41) is 3.49. The zero-order valence-electron chi connectivity index (χ0n) is 10.0. The number of nitrogens with two attached hydrogens (primary N) is 2. The molecule has 3 nitrogen and oxygen atoms in total. The normalized spacial score (nSPS) is 14.7. The van der Waals surface area contributed by atoms with Crippen molar-refractivity contribution < 1.29 is 0 Å². The van der Waals surface area contributed by atoms with Gasteiger partial charge in [0, 0.05) is 18.6 Å². The maximum atomic E-state index is 6.06. The lowest BCUT2D eigenvalue weighted by Gasteiger charge is -2.23. The van der Waals surface area contributed by atoms with E-state index in [9.17, 15) is 0 Å². The maximum absolute atomic E-state index is 6.06. The molecule has 0 saturated heterocycles. The van der Waals surface area contributed by atoms with Crippen LogP contribution in [0, 0.1) is 0 Å². The zero-order valence-corrected chi connectivity index (χ0v) is 10.0. The molecule has 0 amide bonds. The van der Waals surface area contributed by atoms with Crippen LogP contribution >= 0.6 is 0 Å². The first-order valence-electron chi connectivity index (χ1n) is 6.00. The Morgan fingerprint density at radius 3 is 2.50 bits per heavy atom. The van der Waals surface area contributed by atoms with Crippen LogP contribution in [-0.4, -0.2) is 18.6 Å². The Kier molecular flexibility index (Phi) is 6.08. The summed E-state index contributed by atoms with van der Waals surface area (Å²) >= 11 is 0. The van der Waals surface area contributed by atoms with Crippen molar-refractivity contribution in [1.29, 1.82) is 0 Å². The molecule has 0 radical (unpaired) electrons. The largest absolute Gasteiger partial charge is 0.330 e. The standard InChI is InChI=1S/C13H23N3/c1-2-13(12(15)8-9-14)16-10-11-6-4-3-5-7-11/h3-7,12-13,16H,2,8-10,14-15H2,1H3. The van der Waals surface area contributed by atoms with Gasteiger partial charge in [-0.25, -0.2) is 0 Å². The topological polar surface area (TPSA) is 64.1 Å². The van der Waals surface area contributed by atoms with E-state index in [1.165, 1.54) is 5.56 Å². The lowest BCUT2D eigenvalue weighted by atomic mass is 10.0. The lowest BCUT2D eigenvalue weighted by Crippen LogP contribution is -2.45. The molecule has 3 heteroatoms. The predicted molar refractivity (Wildman–Crippen MR) is 69.0 cm³/mol. The van der Waals surface area contributed by atoms with Gasteiger partial charge in [-0.15, -0.1) is 0 Å². The van der Waals surface area contributed by atoms with Crippen molar-refractivity contribution in [1.82, 2.24) is 5.32 Å². The van der Waals surface area contributed by atoms with E-state index in [1.54, 1.807) is 0 Å². The van der Waals surface area contributed by atoms with Crippen LogP contribution < -0.4 is 16.8 Å². The average Bonchev–Trinajstić information content (AvgIpc) is 2.31. The zero-order chi connectivity index (χ0) is 11.8. The van der Waals surface area contributed by atoms with E-state index in [4.69, 9.17) is 11.5 Å². The van der Waals surface area contributed by atoms with Gasteiger partial charge in [0.05, 0.1) is 0 Å². The van der Waals surface area contributed by atoms with E-state index < -0.39 is 0 Å². The molecular formula is C13H23N3. The summed E-state index contributed by atoms with van der Waals surface area (Å²) < 4.78 is 0. The van der Waals surface area contributed by atoms with E-state index in [0.717, 1.165) is 19.4 Å². The Morgan fingerprint density at radius 1 is 1.25 bits per heavy atom. The molecule has 0 spiro atoms. The molecule has 0 aliphatic rings. The van der Waals surface area contributed by atoms with Crippen LogP contribution in [0.4, 0.5) is 0 Å². The fourth-order valence-electron chi connectivity index (χ4n) is 1.84. The predicted octanol–water partition coefficient (Wildman–Crippen LogP) is 1.23. The summed E-state index contributed by atoms with van der Waals surface area (Å²) in [7, 11) is 0. The van der Waals surface area contributed by atoms with Gasteiger partial charge in [-0.2, -0.15) is 0 Å². The van der Waals surface area contributed by atoms with Crippen molar-refractivity contribution in [3.63, 3.8) is 0 Å². The van der Waals surface area contributed by atoms with Crippen molar-refractivity contribution in [2.45, 2.75) is 38.4 Å². The highest BCUT2D eigenvalue weighted by molar-refractivity contribution is 5.14. The molecule has 1 aromatic rings. The van der Waals surface area contributed by atoms with Gasteiger partial charge >= 0.3 is 0 Å². The van der Waals surface area contributed by atoms with Gasteiger partial charge in [0.1, 0.15) is 0 Å². The summed E-state index contributed by atoms with van der Waals surface area (Å²) in [6, 6.07) is 10.9. The molecule has 0 saturated carbocycles. The lowest BCUT2D eigenvalue weighted by molar-refractivity contribution is 0.402. The van der Waals surface area contributed by atoms with Gasteiger partial charge in [-0.1, -0.05) is 37.3 Å². The van der Waals surface area contributed by atoms with Crippen molar-refractivity contribution >= 4 is 0 Å². The minimum atomic E-state index is 0.152. The first-order chi connectivity index (χ1) is 7.77. The minimum Gasteiger partial charge on any atom is -0.330 e. The Bertz CT molecular complexity index is 274. The summed E-state index contributed by atoms with van der Waals surface area (Å²) in [5.74, 6) is 0. The highest BCUT2D eigenvalue weighted by atomic mass is 14.9. The Morgan fingerprint density at radius 2 is 1.94 bits per heavy atom. The van der Waals surface area contributed by atoms with Crippen molar-refractivity contribution in [3.8, 4) is 0 Å². The second-order valence-corrected chi connectivity index (χ2v) is 4.12. The minimum absolute atomic E-state index is 0.152. The SMILES string of the molecule is CCC(NCc1ccccc1)C(N)CCN. The molecule has 0 bridgehead atoms. The molecule has 0 heterocycles. The van der Waals surface area contributed by atoms with Crippen LogP contribution in [0.1, 0.15) is 25.3 Å². The van der Waals surface area contributed by atoms with Crippen LogP contribution in [0.3, 0.4) is 0 Å². The molecule has 5 N–H and O–H groups in total. The third kappa shape index (κ3) is 4.31. The van der Waals surface area contributed by atoms with Crippen LogP contribution in [0.15, 0.2) is 30.3 Å². The van der Waals surface area contributed by atoms with E-state index in [1.807, 2.05) is 6.07 Å². The van der Waals surface area contributed by atoms with Crippen molar-refractivity contribution in [2.75, 3.05) is 6.54 Å². The van der Waals surface area contributed by atoms with Crippen LogP contribution in [0.25, 0.3) is 0 Å². The number of rotatable bonds is 7. The first kappa shape index (κ1) is 13.2. The van der Waals surface area contributed by atoms with Gasteiger partial charge in [0.25, 0.3) is 0 Å². The van der Waals surface area contributed by atoms with Crippen LogP contribution in [0.2, 0.25) is 0 Å². The Hall–Kier alpha value is -0.900. The molecule has 90 valence electrons. The van der Waals surface area contributed by atoms with Crippen molar-refractivity contribution in [3.05, 3.63) is 35.9 Å². The fourth-order valence-corrected chi connectivity index (χ4v) is 1.84. The van der Waals surface area contributed by atoms with Gasteiger partial charge in [0.2, 0.25) is 0 Å². The van der Waals surface area contributed by atoms with Crippen molar-refractivity contribution in [2.24, 2.45) is 11.5 Å². The molecule has 2 atom stereocenters. The molecule has 0 aromatic heterocycles. The Balaban J connectivity index is 2.39. The second kappa shape index (κ2) is 7.39. The van der Waals surface area contributed by atoms with E-state index >= 15 is 0 Å². The third-order valence-corrected chi connectivity index (χ3v) is 2.87. The highest BCUT2D eigenvalue weighted by Gasteiger charge is 2.13. The molecule has 0 aliphatic heterocycles. The molecule has 16 heavy (non-hydrogen) atoms. The van der Waals surface area contributed by atoms with Gasteiger partial charge in [-0.3, -0.25) is 0 Å². The van der Waals surface area contributed by atoms with Gasteiger partial charge < -0.3 is 16.8 Å². The van der Waals surface area contributed by atoms with E-state index in [2.05, 4.69) is 36.5 Å². The molecular weight excluding hydrogens is 198 g/mol. The number of hydrogen-bond acceptors (Lipinski definition) is 3.